The molecule has 0 saturated heterocycles. The lowest BCUT2D eigenvalue weighted by molar-refractivity contribution is -0.385. The molecular weight excluding hydrogens is 272 g/mol. The van der Waals surface area contributed by atoms with Crippen LogP contribution in [-0.2, 0) is 4.74 Å². The molecule has 7 nitrogen and oxygen atoms in total. The fourth-order valence-corrected chi connectivity index (χ4v) is 2.55. The second kappa shape index (κ2) is 5.66. The topological polar surface area (TPSA) is 101 Å². The van der Waals surface area contributed by atoms with Crippen molar-refractivity contribution in [3.05, 3.63) is 27.9 Å². The number of hydrogen-bond acceptors (Lipinski definition) is 6. The third kappa shape index (κ3) is 2.81. The molecule has 7 heteroatoms. The van der Waals surface area contributed by atoms with E-state index >= 15 is 0 Å². The molecule has 1 aromatic heterocycles. The fourth-order valence-electron chi connectivity index (χ4n) is 2.55. The van der Waals surface area contributed by atoms with Gasteiger partial charge in [-0.15, -0.1) is 0 Å². The summed E-state index contributed by atoms with van der Waals surface area (Å²) in [6.07, 6.45) is 1.04. The minimum atomic E-state index is -0.603. The van der Waals surface area contributed by atoms with Gasteiger partial charge in [0, 0.05) is 24.1 Å². The summed E-state index contributed by atoms with van der Waals surface area (Å²) in [5.74, 6) is 0.477. The van der Waals surface area contributed by atoms with Gasteiger partial charge in [-0.1, -0.05) is 13.8 Å². The van der Waals surface area contributed by atoms with Crippen LogP contribution in [0.1, 0.15) is 32.9 Å². The van der Waals surface area contributed by atoms with Crippen LogP contribution in [0.15, 0.2) is 12.1 Å². The standard InChI is InChI=1S/C14H18N4O3/c1-4-21-12-7-11(14(12,2)3)17-13-6-5-10(18(19)20)9(8-15)16-13/h5-6,11-12H,4,7H2,1-3H3,(H,16,17). The van der Waals surface area contributed by atoms with Crippen molar-refractivity contribution in [2.45, 2.75) is 39.3 Å². The zero-order valence-electron chi connectivity index (χ0n) is 12.3. The molecule has 2 rings (SSSR count). The number of aromatic nitrogens is 1. The van der Waals surface area contributed by atoms with Gasteiger partial charge >= 0.3 is 5.69 Å². The molecular formula is C14H18N4O3. The number of anilines is 1. The average Bonchev–Trinajstić information content (AvgIpc) is 2.45. The Morgan fingerprint density at radius 1 is 1.62 bits per heavy atom. The van der Waals surface area contributed by atoms with E-state index in [0.29, 0.717) is 12.4 Å². The Bertz CT molecular complexity index is 594. The second-order valence-electron chi connectivity index (χ2n) is 5.63. The van der Waals surface area contributed by atoms with Crippen LogP contribution in [0.3, 0.4) is 0 Å². The van der Waals surface area contributed by atoms with Crippen LogP contribution in [0.5, 0.6) is 0 Å². The Balaban J connectivity index is 2.12. The van der Waals surface area contributed by atoms with Crippen molar-refractivity contribution in [1.29, 1.82) is 5.26 Å². The molecule has 21 heavy (non-hydrogen) atoms. The van der Waals surface area contributed by atoms with E-state index < -0.39 is 4.92 Å². The third-order valence-electron chi connectivity index (χ3n) is 4.04. The third-order valence-corrected chi connectivity index (χ3v) is 4.04. The van der Waals surface area contributed by atoms with E-state index in [1.54, 1.807) is 6.07 Å². The molecule has 0 bridgehead atoms. The number of hydrogen-bond donors (Lipinski definition) is 1. The lowest BCUT2D eigenvalue weighted by atomic mass is 9.64. The molecule has 112 valence electrons. The summed E-state index contributed by atoms with van der Waals surface area (Å²) in [5.41, 5.74) is -0.502. The summed E-state index contributed by atoms with van der Waals surface area (Å²) in [7, 11) is 0. The van der Waals surface area contributed by atoms with Crippen molar-refractivity contribution in [1.82, 2.24) is 4.98 Å². The molecule has 1 aromatic rings. The van der Waals surface area contributed by atoms with Gasteiger partial charge in [-0.05, 0) is 19.4 Å². The molecule has 0 aliphatic heterocycles. The van der Waals surface area contributed by atoms with Gasteiger partial charge in [0.05, 0.1) is 11.0 Å². The largest absolute Gasteiger partial charge is 0.378 e. The summed E-state index contributed by atoms with van der Waals surface area (Å²) >= 11 is 0. The van der Waals surface area contributed by atoms with E-state index in [9.17, 15) is 10.1 Å². The van der Waals surface area contributed by atoms with E-state index in [1.807, 2.05) is 6.92 Å². The summed E-state index contributed by atoms with van der Waals surface area (Å²) in [4.78, 5) is 14.2. The van der Waals surface area contributed by atoms with Crippen molar-refractivity contribution in [3.8, 4) is 6.07 Å². The summed E-state index contributed by atoms with van der Waals surface area (Å²) < 4.78 is 5.65. The molecule has 1 saturated carbocycles. The highest BCUT2D eigenvalue weighted by Gasteiger charge is 2.49. The monoisotopic (exact) mass is 290 g/mol. The number of nitrogens with zero attached hydrogens (tertiary/aromatic N) is 3. The zero-order chi connectivity index (χ0) is 15.6. The highest BCUT2D eigenvalue weighted by Crippen LogP contribution is 2.44. The summed E-state index contributed by atoms with van der Waals surface area (Å²) in [5, 5.41) is 23.0. The van der Waals surface area contributed by atoms with Gasteiger partial charge in [-0.25, -0.2) is 4.98 Å². The maximum absolute atomic E-state index is 10.8. The summed E-state index contributed by atoms with van der Waals surface area (Å²) in [6, 6.07) is 4.76. The first-order valence-corrected chi connectivity index (χ1v) is 6.83. The van der Waals surface area contributed by atoms with Crippen molar-refractivity contribution in [2.75, 3.05) is 11.9 Å². The number of nitriles is 1. The average molecular weight is 290 g/mol. The van der Waals surface area contributed by atoms with Crippen LogP contribution >= 0.6 is 0 Å². The number of rotatable bonds is 5. The van der Waals surface area contributed by atoms with Gasteiger partial charge in [0.1, 0.15) is 11.9 Å². The number of nitrogens with one attached hydrogen (secondary N) is 1. The molecule has 0 amide bonds. The van der Waals surface area contributed by atoms with E-state index in [2.05, 4.69) is 24.1 Å². The van der Waals surface area contributed by atoms with Gasteiger partial charge in [-0.3, -0.25) is 10.1 Å². The van der Waals surface area contributed by atoms with E-state index in [1.165, 1.54) is 12.1 Å². The molecule has 1 N–H and O–H groups in total. The smallest absolute Gasteiger partial charge is 0.305 e. The van der Waals surface area contributed by atoms with Crippen LogP contribution in [0.25, 0.3) is 0 Å². The van der Waals surface area contributed by atoms with Crippen molar-refractivity contribution < 1.29 is 9.66 Å². The predicted octanol–water partition coefficient (Wildman–Crippen LogP) is 2.48. The molecule has 1 fully saturated rings. The molecule has 1 aliphatic rings. The normalized spacial score (nSPS) is 23.0. The SMILES string of the molecule is CCOC1CC(Nc2ccc([N+](=O)[O-])c(C#N)n2)C1(C)C. The zero-order valence-corrected chi connectivity index (χ0v) is 12.3. The lowest BCUT2D eigenvalue weighted by Gasteiger charge is -2.51. The maximum atomic E-state index is 10.8. The van der Waals surface area contributed by atoms with Gasteiger partial charge in [0.2, 0.25) is 5.69 Å². The van der Waals surface area contributed by atoms with Gasteiger partial charge in [0.15, 0.2) is 0 Å². The van der Waals surface area contributed by atoms with Crippen LogP contribution in [0.4, 0.5) is 11.5 Å². The van der Waals surface area contributed by atoms with Gasteiger partial charge in [0.25, 0.3) is 0 Å². The van der Waals surface area contributed by atoms with Crippen LogP contribution in [0.2, 0.25) is 0 Å². The van der Waals surface area contributed by atoms with Crippen LogP contribution in [-0.4, -0.2) is 28.7 Å². The molecule has 2 atom stereocenters. The Hall–Kier alpha value is -2.20. The number of ether oxygens (including phenoxy) is 1. The number of nitro groups is 1. The van der Waals surface area contributed by atoms with Crippen LogP contribution < -0.4 is 5.32 Å². The highest BCUT2D eigenvalue weighted by molar-refractivity contribution is 5.51. The van der Waals surface area contributed by atoms with E-state index in [4.69, 9.17) is 10.00 Å². The van der Waals surface area contributed by atoms with Crippen molar-refractivity contribution in [2.24, 2.45) is 5.41 Å². The molecule has 0 aromatic carbocycles. The van der Waals surface area contributed by atoms with Crippen molar-refractivity contribution in [3.63, 3.8) is 0 Å². The van der Waals surface area contributed by atoms with Crippen molar-refractivity contribution >= 4 is 11.5 Å². The summed E-state index contributed by atoms with van der Waals surface area (Å²) in [6.45, 7) is 6.85. The predicted molar refractivity (Wildman–Crippen MR) is 76.8 cm³/mol. The Morgan fingerprint density at radius 2 is 2.33 bits per heavy atom. The Morgan fingerprint density at radius 3 is 2.86 bits per heavy atom. The highest BCUT2D eigenvalue weighted by atomic mass is 16.6. The minimum absolute atomic E-state index is 0.0493. The number of pyridine rings is 1. The Labute approximate surface area is 123 Å². The molecule has 0 spiro atoms. The molecule has 1 aliphatic carbocycles. The second-order valence-corrected chi connectivity index (χ2v) is 5.63. The molecule has 0 radical (unpaired) electrons. The van der Waals surface area contributed by atoms with Gasteiger partial charge < -0.3 is 10.1 Å². The fraction of sp³-hybridized carbons (Fsp3) is 0.571. The molecule has 1 heterocycles. The van der Waals surface area contributed by atoms with Crippen LogP contribution in [0, 0.1) is 26.9 Å². The van der Waals surface area contributed by atoms with E-state index in [-0.39, 0.29) is 28.9 Å². The lowest BCUT2D eigenvalue weighted by Crippen LogP contribution is -2.58. The quantitative estimate of drug-likeness (QED) is 0.660. The minimum Gasteiger partial charge on any atom is -0.378 e. The first kappa shape index (κ1) is 15.2. The maximum Gasteiger partial charge on any atom is 0.305 e. The molecule has 2 unspecified atom stereocenters. The van der Waals surface area contributed by atoms with Gasteiger partial charge in [-0.2, -0.15) is 5.26 Å². The first-order valence-electron chi connectivity index (χ1n) is 6.83. The Kier molecular flexibility index (Phi) is 4.09. The first-order chi connectivity index (χ1) is 9.90. The van der Waals surface area contributed by atoms with E-state index in [0.717, 1.165) is 6.42 Å².